The van der Waals surface area contributed by atoms with E-state index in [2.05, 4.69) is 37.9 Å². The molecule has 2 nitrogen and oxygen atoms in total. The molecule has 0 amide bonds. The number of hydrogen-bond acceptors (Lipinski definition) is 2. The Labute approximate surface area is 105 Å². The first-order valence-corrected chi connectivity index (χ1v) is 6.28. The maximum absolute atomic E-state index is 5.79. The Kier molecular flexibility index (Phi) is 5.78. The number of ether oxygens (including phenoxy) is 1. The van der Waals surface area contributed by atoms with Gasteiger partial charge in [0.1, 0.15) is 12.4 Å². The number of hydrogen-bond donors (Lipinski definition) is 1. The van der Waals surface area contributed by atoms with Crippen LogP contribution < -0.4 is 10.1 Å². The van der Waals surface area contributed by atoms with Crippen LogP contribution in [0.25, 0.3) is 0 Å². The van der Waals surface area contributed by atoms with Gasteiger partial charge in [0.25, 0.3) is 0 Å². The molecule has 0 bridgehead atoms. The Balaban J connectivity index is 2.85. The van der Waals surface area contributed by atoms with Crippen LogP contribution in [-0.4, -0.2) is 13.2 Å². The Morgan fingerprint density at radius 3 is 2.65 bits per heavy atom. The van der Waals surface area contributed by atoms with Crippen molar-refractivity contribution in [1.82, 2.24) is 5.32 Å². The van der Waals surface area contributed by atoms with E-state index < -0.39 is 0 Å². The molecule has 0 fully saturated rings. The number of rotatable bonds is 7. The summed E-state index contributed by atoms with van der Waals surface area (Å²) in [6.45, 7) is 11.7. The van der Waals surface area contributed by atoms with E-state index >= 15 is 0 Å². The Morgan fingerprint density at radius 1 is 1.35 bits per heavy atom. The van der Waals surface area contributed by atoms with E-state index in [0.29, 0.717) is 12.6 Å². The number of benzene rings is 1. The zero-order valence-electron chi connectivity index (χ0n) is 11.1. The molecule has 0 aliphatic carbocycles. The summed E-state index contributed by atoms with van der Waals surface area (Å²) in [6.07, 6.45) is 1.06. The molecule has 94 valence electrons. The summed E-state index contributed by atoms with van der Waals surface area (Å²) in [5.74, 6) is 0.961. The maximum atomic E-state index is 5.79. The molecular weight excluding hydrogens is 210 g/mol. The van der Waals surface area contributed by atoms with Crippen LogP contribution in [0.5, 0.6) is 5.75 Å². The van der Waals surface area contributed by atoms with Gasteiger partial charge in [-0.15, -0.1) is 0 Å². The quantitative estimate of drug-likeness (QED) is 0.725. The summed E-state index contributed by atoms with van der Waals surface area (Å²) in [4.78, 5) is 0. The van der Waals surface area contributed by atoms with Crippen LogP contribution in [0, 0.1) is 0 Å². The Morgan fingerprint density at radius 2 is 2.06 bits per heavy atom. The lowest BCUT2D eigenvalue weighted by atomic mass is 10.0. The summed E-state index contributed by atoms with van der Waals surface area (Å²) in [6, 6.07) is 8.59. The van der Waals surface area contributed by atoms with Crippen LogP contribution in [0.1, 0.15) is 38.8 Å². The lowest BCUT2D eigenvalue weighted by Gasteiger charge is -2.20. The average molecular weight is 233 g/mol. The molecule has 1 atom stereocenters. The highest BCUT2D eigenvalue weighted by molar-refractivity contribution is 5.36. The van der Waals surface area contributed by atoms with Gasteiger partial charge in [-0.1, -0.05) is 38.6 Å². The number of para-hydroxylation sites is 1. The van der Waals surface area contributed by atoms with E-state index in [1.165, 1.54) is 5.56 Å². The van der Waals surface area contributed by atoms with Crippen molar-refractivity contribution in [2.75, 3.05) is 13.2 Å². The topological polar surface area (TPSA) is 21.3 Å². The first-order chi connectivity index (χ1) is 8.19. The molecule has 2 heteroatoms. The van der Waals surface area contributed by atoms with Gasteiger partial charge in [-0.25, -0.2) is 0 Å². The van der Waals surface area contributed by atoms with E-state index in [9.17, 15) is 0 Å². The third-order valence-corrected chi connectivity index (χ3v) is 2.63. The van der Waals surface area contributed by atoms with Gasteiger partial charge >= 0.3 is 0 Å². The van der Waals surface area contributed by atoms with Crippen LogP contribution in [0.3, 0.4) is 0 Å². The van der Waals surface area contributed by atoms with Crippen molar-refractivity contribution in [3.63, 3.8) is 0 Å². The molecule has 17 heavy (non-hydrogen) atoms. The minimum absolute atomic E-state index is 0.362. The predicted molar refractivity (Wildman–Crippen MR) is 73.5 cm³/mol. The van der Waals surface area contributed by atoms with E-state index in [1.807, 2.05) is 19.1 Å². The third-order valence-electron chi connectivity index (χ3n) is 2.63. The summed E-state index contributed by atoms with van der Waals surface area (Å²) in [5, 5.41) is 3.47. The zero-order valence-corrected chi connectivity index (χ0v) is 11.1. The van der Waals surface area contributed by atoms with Gasteiger partial charge in [-0.05, 0) is 31.5 Å². The highest BCUT2D eigenvalue weighted by Gasteiger charge is 2.12. The van der Waals surface area contributed by atoms with Crippen LogP contribution >= 0.6 is 0 Å². The molecule has 0 heterocycles. The molecular formula is C15H23NO. The standard InChI is InChI=1S/C15H23NO/c1-5-14(16-6-2)13-9-7-8-10-15(13)17-11-12(3)4/h7-10,14,16H,3,5-6,11H2,1-2,4H3. The molecule has 1 rings (SSSR count). The van der Waals surface area contributed by atoms with E-state index in [0.717, 1.165) is 24.3 Å². The summed E-state index contributed by atoms with van der Waals surface area (Å²) >= 11 is 0. The van der Waals surface area contributed by atoms with Gasteiger partial charge in [0, 0.05) is 11.6 Å². The van der Waals surface area contributed by atoms with Crippen molar-refractivity contribution in [2.45, 2.75) is 33.2 Å². The summed E-state index contributed by atoms with van der Waals surface area (Å²) in [7, 11) is 0. The fourth-order valence-corrected chi connectivity index (χ4v) is 1.82. The van der Waals surface area contributed by atoms with E-state index in [4.69, 9.17) is 4.74 Å². The molecule has 0 radical (unpaired) electrons. The van der Waals surface area contributed by atoms with Crippen molar-refractivity contribution in [3.8, 4) is 5.75 Å². The molecule has 0 aliphatic heterocycles. The van der Waals surface area contributed by atoms with Gasteiger partial charge in [0.2, 0.25) is 0 Å². The lowest BCUT2D eigenvalue weighted by Crippen LogP contribution is -2.20. The largest absolute Gasteiger partial charge is 0.489 e. The molecule has 0 saturated carbocycles. The second-order valence-corrected chi connectivity index (χ2v) is 4.30. The van der Waals surface area contributed by atoms with Gasteiger partial charge in [0.15, 0.2) is 0 Å². The monoisotopic (exact) mass is 233 g/mol. The number of nitrogens with one attached hydrogen (secondary N) is 1. The Hall–Kier alpha value is -1.28. The van der Waals surface area contributed by atoms with Crippen LogP contribution in [0.2, 0.25) is 0 Å². The van der Waals surface area contributed by atoms with Gasteiger partial charge < -0.3 is 10.1 Å². The zero-order chi connectivity index (χ0) is 12.7. The first kappa shape index (κ1) is 13.8. The fourth-order valence-electron chi connectivity index (χ4n) is 1.82. The average Bonchev–Trinajstić information content (AvgIpc) is 2.34. The molecule has 0 spiro atoms. The van der Waals surface area contributed by atoms with Crippen molar-refractivity contribution < 1.29 is 4.74 Å². The minimum atomic E-state index is 0.362. The van der Waals surface area contributed by atoms with Crippen molar-refractivity contribution in [3.05, 3.63) is 42.0 Å². The lowest BCUT2D eigenvalue weighted by molar-refractivity contribution is 0.342. The molecule has 1 aromatic rings. The minimum Gasteiger partial charge on any atom is -0.489 e. The molecule has 1 N–H and O–H groups in total. The highest BCUT2D eigenvalue weighted by Crippen LogP contribution is 2.27. The van der Waals surface area contributed by atoms with E-state index in [1.54, 1.807) is 0 Å². The van der Waals surface area contributed by atoms with Crippen molar-refractivity contribution in [1.29, 1.82) is 0 Å². The van der Waals surface area contributed by atoms with E-state index in [-0.39, 0.29) is 0 Å². The SMILES string of the molecule is C=C(C)COc1ccccc1C(CC)NCC. The third kappa shape index (κ3) is 4.23. The first-order valence-electron chi connectivity index (χ1n) is 6.28. The normalized spacial score (nSPS) is 12.2. The van der Waals surface area contributed by atoms with Gasteiger partial charge in [-0.3, -0.25) is 0 Å². The smallest absolute Gasteiger partial charge is 0.124 e. The summed E-state index contributed by atoms with van der Waals surface area (Å²) < 4.78 is 5.79. The summed E-state index contributed by atoms with van der Waals surface area (Å²) in [5.41, 5.74) is 2.27. The van der Waals surface area contributed by atoms with Crippen LogP contribution in [-0.2, 0) is 0 Å². The molecule has 1 aromatic carbocycles. The van der Waals surface area contributed by atoms with Crippen molar-refractivity contribution >= 4 is 0 Å². The van der Waals surface area contributed by atoms with Crippen LogP contribution in [0.15, 0.2) is 36.4 Å². The second-order valence-electron chi connectivity index (χ2n) is 4.30. The van der Waals surface area contributed by atoms with Gasteiger partial charge in [0.05, 0.1) is 0 Å². The molecule has 0 saturated heterocycles. The molecule has 0 aliphatic rings. The molecule has 1 unspecified atom stereocenters. The highest BCUT2D eigenvalue weighted by atomic mass is 16.5. The fraction of sp³-hybridized carbons (Fsp3) is 0.467. The maximum Gasteiger partial charge on any atom is 0.124 e. The Bertz CT molecular complexity index is 360. The van der Waals surface area contributed by atoms with Gasteiger partial charge in [-0.2, -0.15) is 0 Å². The van der Waals surface area contributed by atoms with Crippen LogP contribution in [0.4, 0.5) is 0 Å². The molecule has 0 aromatic heterocycles. The van der Waals surface area contributed by atoms with Crippen molar-refractivity contribution in [2.24, 2.45) is 0 Å². The second kappa shape index (κ2) is 7.13. The predicted octanol–water partition coefficient (Wildman–Crippen LogP) is 3.70.